The largest absolute Gasteiger partial charge is 0.484 e. The van der Waals surface area contributed by atoms with Crippen LogP contribution in [0.1, 0.15) is 43.9 Å². The third-order valence-corrected chi connectivity index (χ3v) is 2.96. The number of rotatable bonds is 5. The van der Waals surface area contributed by atoms with Crippen LogP contribution in [-0.2, 0) is 0 Å². The maximum atomic E-state index is 12.1. The van der Waals surface area contributed by atoms with Crippen LogP contribution < -0.4 is 4.74 Å². The lowest BCUT2D eigenvalue weighted by molar-refractivity contribution is -0.153. The van der Waals surface area contributed by atoms with Gasteiger partial charge in [0.25, 0.3) is 0 Å². The van der Waals surface area contributed by atoms with Crippen molar-refractivity contribution in [3.05, 3.63) is 23.5 Å². The highest BCUT2D eigenvalue weighted by atomic mass is 19.4. The van der Waals surface area contributed by atoms with Crippen molar-refractivity contribution in [1.82, 2.24) is 4.98 Å². The molecule has 0 saturated heterocycles. The summed E-state index contributed by atoms with van der Waals surface area (Å²) in [4.78, 5) is 4.26. The van der Waals surface area contributed by atoms with Crippen molar-refractivity contribution in [3.63, 3.8) is 0 Å². The summed E-state index contributed by atoms with van der Waals surface area (Å²) in [5.41, 5.74) is 1.54. The molecule has 0 aromatic carbocycles. The highest BCUT2D eigenvalue weighted by Crippen LogP contribution is 2.30. The maximum Gasteiger partial charge on any atom is 0.422 e. The molecular weight excluding hydrogens is 243 g/mol. The lowest BCUT2D eigenvalue weighted by Gasteiger charge is -2.17. The molecule has 0 spiro atoms. The SMILES string of the molecule is CCC(CC)c1nccc(OCC(F)(F)F)c1C. The predicted octanol–water partition coefficient (Wildman–Crippen LogP) is 4.23. The number of ether oxygens (including phenoxy) is 1. The normalized spacial score (nSPS) is 11.9. The molecule has 1 heterocycles. The molecule has 18 heavy (non-hydrogen) atoms. The summed E-state index contributed by atoms with van der Waals surface area (Å²) in [6, 6.07) is 1.48. The molecule has 0 bridgehead atoms. The van der Waals surface area contributed by atoms with Gasteiger partial charge in [0.15, 0.2) is 6.61 Å². The summed E-state index contributed by atoms with van der Waals surface area (Å²) < 4.78 is 41.2. The fourth-order valence-corrected chi connectivity index (χ4v) is 1.94. The molecular formula is C13H18F3NO. The van der Waals surface area contributed by atoms with E-state index in [4.69, 9.17) is 4.74 Å². The minimum atomic E-state index is -4.31. The number of hydrogen-bond donors (Lipinski definition) is 0. The molecule has 102 valence electrons. The van der Waals surface area contributed by atoms with Crippen molar-refractivity contribution in [2.24, 2.45) is 0 Å². The van der Waals surface area contributed by atoms with Gasteiger partial charge in [0, 0.05) is 23.4 Å². The summed E-state index contributed by atoms with van der Waals surface area (Å²) >= 11 is 0. The van der Waals surface area contributed by atoms with Gasteiger partial charge in [0.1, 0.15) is 5.75 Å². The van der Waals surface area contributed by atoms with Gasteiger partial charge in [-0.05, 0) is 25.8 Å². The Labute approximate surface area is 105 Å². The maximum absolute atomic E-state index is 12.1. The number of nitrogens with zero attached hydrogens (tertiary/aromatic N) is 1. The van der Waals surface area contributed by atoms with Crippen LogP contribution >= 0.6 is 0 Å². The van der Waals surface area contributed by atoms with Crippen molar-refractivity contribution >= 4 is 0 Å². The van der Waals surface area contributed by atoms with Gasteiger partial charge in [0.2, 0.25) is 0 Å². The first-order chi connectivity index (χ1) is 8.39. The summed E-state index contributed by atoms with van der Waals surface area (Å²) in [5.74, 6) is 0.531. The zero-order valence-electron chi connectivity index (χ0n) is 10.8. The molecule has 5 heteroatoms. The fourth-order valence-electron chi connectivity index (χ4n) is 1.94. The van der Waals surface area contributed by atoms with E-state index in [0.29, 0.717) is 5.56 Å². The Hall–Kier alpha value is -1.26. The Morgan fingerprint density at radius 2 is 1.89 bits per heavy atom. The van der Waals surface area contributed by atoms with Crippen LogP contribution in [0.25, 0.3) is 0 Å². The molecule has 1 aromatic rings. The lowest BCUT2D eigenvalue weighted by atomic mass is 9.95. The molecule has 0 unspecified atom stereocenters. The molecule has 1 rings (SSSR count). The minimum absolute atomic E-state index is 0.263. The molecule has 0 radical (unpaired) electrons. The highest BCUT2D eigenvalue weighted by molar-refractivity contribution is 5.36. The third-order valence-electron chi connectivity index (χ3n) is 2.96. The summed E-state index contributed by atoms with van der Waals surface area (Å²) in [5, 5.41) is 0. The van der Waals surface area contributed by atoms with Gasteiger partial charge in [-0.25, -0.2) is 0 Å². The lowest BCUT2D eigenvalue weighted by Crippen LogP contribution is -2.20. The molecule has 1 aromatic heterocycles. The average Bonchev–Trinajstić information content (AvgIpc) is 2.30. The van der Waals surface area contributed by atoms with Crippen LogP contribution in [0.15, 0.2) is 12.3 Å². The Morgan fingerprint density at radius 1 is 1.28 bits per heavy atom. The number of halogens is 3. The molecule has 0 aliphatic carbocycles. The van der Waals surface area contributed by atoms with E-state index >= 15 is 0 Å². The van der Waals surface area contributed by atoms with E-state index in [9.17, 15) is 13.2 Å². The van der Waals surface area contributed by atoms with Gasteiger partial charge in [-0.15, -0.1) is 0 Å². The third kappa shape index (κ3) is 3.89. The van der Waals surface area contributed by atoms with Crippen molar-refractivity contribution < 1.29 is 17.9 Å². The van der Waals surface area contributed by atoms with Crippen molar-refractivity contribution in [2.45, 2.75) is 45.7 Å². The van der Waals surface area contributed by atoms with Crippen molar-refractivity contribution in [3.8, 4) is 5.75 Å². The predicted molar refractivity (Wildman–Crippen MR) is 63.8 cm³/mol. The number of aromatic nitrogens is 1. The second kappa shape index (κ2) is 6.07. The van der Waals surface area contributed by atoms with Gasteiger partial charge < -0.3 is 4.74 Å². The Morgan fingerprint density at radius 3 is 2.39 bits per heavy atom. The Kier molecular flexibility index (Phi) is 4.99. The van der Waals surface area contributed by atoms with Crippen LogP contribution in [0.2, 0.25) is 0 Å². The molecule has 0 atom stereocenters. The Balaban J connectivity index is 2.91. The molecule has 0 saturated carbocycles. The van der Waals surface area contributed by atoms with Gasteiger partial charge in [-0.3, -0.25) is 4.98 Å². The minimum Gasteiger partial charge on any atom is -0.484 e. The van der Waals surface area contributed by atoms with E-state index in [-0.39, 0.29) is 11.7 Å². The molecule has 0 N–H and O–H groups in total. The topological polar surface area (TPSA) is 22.1 Å². The quantitative estimate of drug-likeness (QED) is 0.791. The number of hydrogen-bond acceptors (Lipinski definition) is 2. The molecule has 0 aliphatic rings. The zero-order valence-corrected chi connectivity index (χ0v) is 10.8. The van der Waals surface area contributed by atoms with E-state index in [1.165, 1.54) is 12.3 Å². The van der Waals surface area contributed by atoms with E-state index in [2.05, 4.69) is 4.98 Å². The van der Waals surface area contributed by atoms with Gasteiger partial charge in [-0.1, -0.05) is 13.8 Å². The van der Waals surface area contributed by atoms with Crippen LogP contribution in [0.3, 0.4) is 0 Å². The standard InChI is InChI=1S/C13H18F3NO/c1-4-10(5-2)12-9(3)11(6-7-17-12)18-8-13(14,15)16/h6-7,10H,4-5,8H2,1-3H3. The summed E-state index contributed by atoms with van der Waals surface area (Å²) in [6.07, 6.45) is -0.989. The van der Waals surface area contributed by atoms with Crippen molar-refractivity contribution in [1.29, 1.82) is 0 Å². The zero-order chi connectivity index (χ0) is 13.8. The number of pyridine rings is 1. The van der Waals surface area contributed by atoms with E-state index in [0.717, 1.165) is 18.5 Å². The van der Waals surface area contributed by atoms with E-state index < -0.39 is 12.8 Å². The first kappa shape index (κ1) is 14.8. The second-order valence-electron chi connectivity index (χ2n) is 4.24. The van der Waals surface area contributed by atoms with Crippen molar-refractivity contribution in [2.75, 3.05) is 6.61 Å². The highest BCUT2D eigenvalue weighted by Gasteiger charge is 2.29. The van der Waals surface area contributed by atoms with Crippen LogP contribution in [0.4, 0.5) is 13.2 Å². The molecule has 0 aliphatic heterocycles. The molecule has 0 fully saturated rings. The Bertz CT molecular complexity index is 386. The van der Waals surface area contributed by atoms with Gasteiger partial charge in [0.05, 0.1) is 0 Å². The van der Waals surface area contributed by atoms with E-state index in [1.807, 2.05) is 13.8 Å². The van der Waals surface area contributed by atoms with Gasteiger partial charge in [-0.2, -0.15) is 13.2 Å². The second-order valence-corrected chi connectivity index (χ2v) is 4.24. The monoisotopic (exact) mass is 261 g/mol. The first-order valence-corrected chi connectivity index (χ1v) is 6.04. The smallest absolute Gasteiger partial charge is 0.422 e. The van der Waals surface area contributed by atoms with Crippen LogP contribution in [-0.4, -0.2) is 17.8 Å². The van der Waals surface area contributed by atoms with Crippen LogP contribution in [0.5, 0.6) is 5.75 Å². The van der Waals surface area contributed by atoms with Crippen LogP contribution in [0, 0.1) is 6.92 Å². The average molecular weight is 261 g/mol. The molecule has 0 amide bonds. The molecule has 2 nitrogen and oxygen atoms in total. The van der Waals surface area contributed by atoms with Gasteiger partial charge >= 0.3 is 6.18 Å². The van der Waals surface area contributed by atoms with E-state index in [1.54, 1.807) is 6.92 Å². The number of alkyl halides is 3. The summed E-state index contributed by atoms with van der Waals surface area (Å²) in [6.45, 7) is 4.57. The first-order valence-electron chi connectivity index (χ1n) is 6.04. The fraction of sp³-hybridized carbons (Fsp3) is 0.615. The summed E-state index contributed by atoms with van der Waals surface area (Å²) in [7, 11) is 0.